The number of likely N-dealkylation sites (N-methyl/N-ethyl adjacent to an activating group) is 1. The van der Waals surface area contributed by atoms with E-state index in [4.69, 9.17) is 15.2 Å². The fourth-order valence-electron chi connectivity index (χ4n) is 2.11. The SMILES string of the molecule is COC(=O)c1cccc(N)c1N(C)CCOCC1CC1. The summed E-state index contributed by atoms with van der Waals surface area (Å²) >= 11 is 0. The molecule has 2 N–H and O–H groups in total. The molecule has 1 aliphatic rings. The predicted octanol–water partition coefficient (Wildman–Crippen LogP) is 1.92. The Morgan fingerprint density at radius 1 is 1.45 bits per heavy atom. The van der Waals surface area contributed by atoms with Gasteiger partial charge in [-0.25, -0.2) is 4.79 Å². The number of carbonyl (C=O) groups excluding carboxylic acids is 1. The molecule has 1 fully saturated rings. The standard InChI is InChI=1S/C15H22N2O3/c1-17(8-9-20-10-11-6-7-11)14-12(15(18)19-2)4-3-5-13(14)16/h3-5,11H,6-10,16H2,1-2H3. The van der Waals surface area contributed by atoms with Crippen LogP contribution >= 0.6 is 0 Å². The van der Waals surface area contributed by atoms with Crippen molar-refractivity contribution >= 4 is 17.3 Å². The first kappa shape index (κ1) is 14.7. The van der Waals surface area contributed by atoms with E-state index >= 15 is 0 Å². The molecule has 0 spiro atoms. The first-order valence-electron chi connectivity index (χ1n) is 6.89. The number of methoxy groups -OCH3 is 1. The second-order valence-corrected chi connectivity index (χ2v) is 5.17. The van der Waals surface area contributed by atoms with E-state index in [9.17, 15) is 4.79 Å². The third kappa shape index (κ3) is 3.63. The molecule has 1 saturated carbocycles. The van der Waals surface area contributed by atoms with E-state index in [1.165, 1.54) is 20.0 Å². The molecule has 0 aromatic heterocycles. The minimum absolute atomic E-state index is 0.377. The number of hydrogen-bond donors (Lipinski definition) is 1. The number of nitrogen functional groups attached to an aromatic ring is 1. The summed E-state index contributed by atoms with van der Waals surface area (Å²) in [6.07, 6.45) is 2.57. The number of ether oxygens (including phenoxy) is 2. The van der Waals surface area contributed by atoms with Gasteiger partial charge in [-0.3, -0.25) is 0 Å². The van der Waals surface area contributed by atoms with E-state index < -0.39 is 0 Å². The molecule has 0 amide bonds. The second-order valence-electron chi connectivity index (χ2n) is 5.17. The molecule has 0 saturated heterocycles. The van der Waals surface area contributed by atoms with E-state index in [0.29, 0.717) is 30.1 Å². The first-order valence-corrected chi connectivity index (χ1v) is 6.89. The number of carbonyl (C=O) groups is 1. The molecule has 2 rings (SSSR count). The Labute approximate surface area is 119 Å². The lowest BCUT2D eigenvalue weighted by atomic mass is 10.1. The van der Waals surface area contributed by atoms with Crippen molar-refractivity contribution in [3.63, 3.8) is 0 Å². The van der Waals surface area contributed by atoms with Gasteiger partial charge >= 0.3 is 5.97 Å². The lowest BCUT2D eigenvalue weighted by molar-refractivity contribution is 0.0601. The lowest BCUT2D eigenvalue weighted by Gasteiger charge is -2.23. The number of hydrogen-bond acceptors (Lipinski definition) is 5. The van der Waals surface area contributed by atoms with E-state index in [1.54, 1.807) is 18.2 Å². The normalized spacial score (nSPS) is 14.1. The van der Waals surface area contributed by atoms with Crippen LogP contribution in [0, 0.1) is 5.92 Å². The molecular weight excluding hydrogens is 256 g/mol. The van der Waals surface area contributed by atoms with Crippen molar-refractivity contribution in [1.82, 2.24) is 0 Å². The molecule has 1 aromatic carbocycles. The molecule has 0 aliphatic heterocycles. The average molecular weight is 278 g/mol. The highest BCUT2D eigenvalue weighted by molar-refractivity contribution is 5.99. The van der Waals surface area contributed by atoms with Crippen LogP contribution in [0.4, 0.5) is 11.4 Å². The van der Waals surface area contributed by atoms with Gasteiger partial charge in [0.15, 0.2) is 0 Å². The van der Waals surface area contributed by atoms with Crippen molar-refractivity contribution in [1.29, 1.82) is 0 Å². The van der Waals surface area contributed by atoms with Crippen molar-refractivity contribution in [3.05, 3.63) is 23.8 Å². The molecule has 0 bridgehead atoms. The van der Waals surface area contributed by atoms with Crippen molar-refractivity contribution in [2.45, 2.75) is 12.8 Å². The minimum atomic E-state index is -0.377. The third-order valence-corrected chi connectivity index (χ3v) is 3.48. The van der Waals surface area contributed by atoms with E-state index in [0.717, 1.165) is 12.5 Å². The Hall–Kier alpha value is -1.75. The van der Waals surface area contributed by atoms with Crippen molar-refractivity contribution in [3.8, 4) is 0 Å². The molecule has 1 aromatic rings. The minimum Gasteiger partial charge on any atom is -0.465 e. The Kier molecular flexibility index (Phi) is 4.84. The van der Waals surface area contributed by atoms with E-state index in [2.05, 4.69) is 0 Å². The molecule has 0 heterocycles. The van der Waals surface area contributed by atoms with Gasteiger partial charge in [0.2, 0.25) is 0 Å². The topological polar surface area (TPSA) is 64.8 Å². The van der Waals surface area contributed by atoms with Crippen LogP contribution in [0.25, 0.3) is 0 Å². The zero-order valence-corrected chi connectivity index (χ0v) is 12.1. The Bertz CT molecular complexity index is 472. The number of benzene rings is 1. The molecule has 1 aliphatic carbocycles. The molecule has 0 unspecified atom stereocenters. The van der Waals surface area contributed by atoms with Crippen molar-refractivity contribution < 1.29 is 14.3 Å². The summed E-state index contributed by atoms with van der Waals surface area (Å²) in [5.74, 6) is 0.380. The highest BCUT2D eigenvalue weighted by atomic mass is 16.5. The van der Waals surface area contributed by atoms with Crippen LogP contribution in [0.2, 0.25) is 0 Å². The number of rotatable bonds is 7. The molecule has 0 radical (unpaired) electrons. The maximum atomic E-state index is 11.8. The zero-order valence-electron chi connectivity index (χ0n) is 12.1. The molecule has 110 valence electrons. The summed E-state index contributed by atoms with van der Waals surface area (Å²) in [6, 6.07) is 5.25. The van der Waals surface area contributed by atoms with Crippen LogP contribution in [0.3, 0.4) is 0 Å². The van der Waals surface area contributed by atoms with Crippen LogP contribution in [-0.4, -0.2) is 39.9 Å². The summed E-state index contributed by atoms with van der Waals surface area (Å²) in [6.45, 7) is 2.15. The van der Waals surface area contributed by atoms with Crippen LogP contribution in [0.5, 0.6) is 0 Å². The first-order chi connectivity index (χ1) is 9.63. The van der Waals surface area contributed by atoms with Gasteiger partial charge in [0.25, 0.3) is 0 Å². The summed E-state index contributed by atoms with van der Waals surface area (Å²) in [7, 11) is 3.27. The van der Waals surface area contributed by atoms with Crippen LogP contribution in [-0.2, 0) is 9.47 Å². The maximum Gasteiger partial charge on any atom is 0.340 e. The van der Waals surface area contributed by atoms with Gasteiger partial charge < -0.3 is 20.1 Å². The van der Waals surface area contributed by atoms with Gasteiger partial charge in [0.05, 0.1) is 30.7 Å². The summed E-state index contributed by atoms with van der Waals surface area (Å²) in [4.78, 5) is 13.7. The number of anilines is 2. The fraction of sp³-hybridized carbons (Fsp3) is 0.533. The lowest BCUT2D eigenvalue weighted by Crippen LogP contribution is -2.26. The molecule has 0 atom stereocenters. The van der Waals surface area contributed by atoms with E-state index in [-0.39, 0.29) is 5.97 Å². The number of nitrogens with two attached hydrogens (primary N) is 1. The summed E-state index contributed by atoms with van der Waals surface area (Å²) < 4.78 is 10.4. The Morgan fingerprint density at radius 3 is 2.85 bits per heavy atom. The van der Waals surface area contributed by atoms with Gasteiger partial charge in [-0.2, -0.15) is 0 Å². The van der Waals surface area contributed by atoms with E-state index in [1.807, 2.05) is 11.9 Å². The summed E-state index contributed by atoms with van der Waals surface area (Å²) in [5, 5.41) is 0. The molecule has 5 heteroatoms. The Morgan fingerprint density at radius 2 is 2.20 bits per heavy atom. The maximum absolute atomic E-state index is 11.8. The summed E-state index contributed by atoms with van der Waals surface area (Å²) in [5.41, 5.74) is 7.74. The molecule has 5 nitrogen and oxygen atoms in total. The van der Waals surface area contributed by atoms with Crippen molar-refractivity contribution in [2.75, 3.05) is 44.5 Å². The van der Waals surface area contributed by atoms with Gasteiger partial charge in [-0.05, 0) is 30.9 Å². The smallest absolute Gasteiger partial charge is 0.340 e. The highest BCUT2D eigenvalue weighted by Gasteiger charge is 2.21. The second kappa shape index (κ2) is 6.61. The Balaban J connectivity index is 1.99. The highest BCUT2D eigenvalue weighted by Crippen LogP contribution is 2.29. The third-order valence-electron chi connectivity index (χ3n) is 3.48. The quantitative estimate of drug-likeness (QED) is 0.469. The number of para-hydroxylation sites is 1. The largest absolute Gasteiger partial charge is 0.465 e. The molecular formula is C15H22N2O3. The fourth-order valence-corrected chi connectivity index (χ4v) is 2.11. The van der Waals surface area contributed by atoms with Gasteiger partial charge in [-0.1, -0.05) is 6.07 Å². The van der Waals surface area contributed by atoms with Gasteiger partial charge in [-0.15, -0.1) is 0 Å². The molecule has 20 heavy (non-hydrogen) atoms. The van der Waals surface area contributed by atoms with Crippen LogP contribution < -0.4 is 10.6 Å². The van der Waals surface area contributed by atoms with Crippen molar-refractivity contribution in [2.24, 2.45) is 5.92 Å². The monoisotopic (exact) mass is 278 g/mol. The predicted molar refractivity (Wildman–Crippen MR) is 79.0 cm³/mol. The number of nitrogens with zero attached hydrogens (tertiary/aromatic N) is 1. The zero-order chi connectivity index (χ0) is 14.5. The van der Waals surface area contributed by atoms with Gasteiger partial charge in [0.1, 0.15) is 0 Å². The van der Waals surface area contributed by atoms with Crippen LogP contribution in [0.1, 0.15) is 23.2 Å². The average Bonchev–Trinajstić information content (AvgIpc) is 3.26. The number of esters is 1. The van der Waals surface area contributed by atoms with Gasteiger partial charge in [0, 0.05) is 20.2 Å². The van der Waals surface area contributed by atoms with Crippen LogP contribution in [0.15, 0.2) is 18.2 Å².